The highest BCUT2D eigenvalue weighted by Crippen LogP contribution is 2.31. The zero-order valence-electron chi connectivity index (χ0n) is 15.9. The van der Waals surface area contributed by atoms with Crippen LogP contribution in [0, 0.1) is 0 Å². The van der Waals surface area contributed by atoms with E-state index in [0.29, 0.717) is 16.4 Å². The lowest BCUT2D eigenvalue weighted by Gasteiger charge is -2.10. The summed E-state index contributed by atoms with van der Waals surface area (Å²) in [6.45, 7) is 0. The van der Waals surface area contributed by atoms with Crippen molar-refractivity contribution in [2.45, 2.75) is 5.16 Å². The van der Waals surface area contributed by atoms with E-state index in [0.717, 1.165) is 30.2 Å². The van der Waals surface area contributed by atoms with Crippen molar-refractivity contribution in [3.8, 4) is 22.5 Å². The first-order chi connectivity index (χ1) is 15.0. The van der Waals surface area contributed by atoms with Crippen molar-refractivity contribution in [2.24, 2.45) is 0 Å². The first-order valence-electron chi connectivity index (χ1n) is 9.18. The quantitative estimate of drug-likeness (QED) is 0.166. The third kappa shape index (κ3) is 5.68. The van der Waals surface area contributed by atoms with Crippen LogP contribution in [0.15, 0.2) is 91.4 Å². The van der Waals surface area contributed by atoms with Crippen molar-refractivity contribution in [2.75, 3.05) is 5.75 Å². The molecule has 0 atom stereocenters. The predicted octanol–water partition coefficient (Wildman–Crippen LogP) is 7.47. The third-order valence-corrected chi connectivity index (χ3v) is 6.82. The van der Waals surface area contributed by atoms with Gasteiger partial charge >= 0.3 is 0 Å². The number of hydrogen-bond donors (Lipinski definition) is 0. The summed E-state index contributed by atoms with van der Waals surface area (Å²) in [6, 6.07) is 23.1. The van der Waals surface area contributed by atoms with Gasteiger partial charge in [-0.2, -0.15) is 0 Å². The van der Waals surface area contributed by atoms with E-state index >= 15 is 0 Å². The molecule has 0 bridgehead atoms. The summed E-state index contributed by atoms with van der Waals surface area (Å²) in [5, 5.41) is 9.21. The van der Waals surface area contributed by atoms with Gasteiger partial charge in [-0.3, -0.25) is 4.79 Å². The van der Waals surface area contributed by atoms with Crippen LogP contribution in [0.4, 0.5) is 0 Å². The summed E-state index contributed by atoms with van der Waals surface area (Å²) in [6.07, 6.45) is 0. The molecule has 0 radical (unpaired) electrons. The van der Waals surface area contributed by atoms with E-state index in [-0.39, 0.29) is 11.5 Å². The Kier molecular flexibility index (Phi) is 7.32. The monoisotopic (exact) mass is 617 g/mol. The molecule has 154 valence electrons. The second-order valence-electron chi connectivity index (χ2n) is 6.52. The van der Waals surface area contributed by atoms with Gasteiger partial charge in [0, 0.05) is 30.1 Å². The molecule has 4 aromatic rings. The van der Waals surface area contributed by atoms with Gasteiger partial charge in [-0.05, 0) is 36.4 Å². The molecule has 0 unspecified atom stereocenters. The van der Waals surface area contributed by atoms with Gasteiger partial charge in [-0.15, -0.1) is 10.2 Å². The van der Waals surface area contributed by atoms with Crippen molar-refractivity contribution in [3.63, 3.8) is 0 Å². The normalized spacial score (nSPS) is 10.8. The second kappa shape index (κ2) is 10.2. The Balaban J connectivity index is 1.64. The molecule has 0 fully saturated rings. The van der Waals surface area contributed by atoms with Crippen LogP contribution >= 0.6 is 59.6 Å². The highest BCUT2D eigenvalue weighted by Gasteiger charge is 2.15. The summed E-state index contributed by atoms with van der Waals surface area (Å²) >= 11 is 11.6. The number of carbonyl (C=O) groups excluding carboxylic acids is 1. The van der Waals surface area contributed by atoms with E-state index in [1.54, 1.807) is 12.1 Å². The molecule has 0 aliphatic rings. The van der Waals surface area contributed by atoms with Gasteiger partial charge in [-0.1, -0.05) is 95.9 Å². The number of Topliss-reactive ketones (excluding diaryl/α,β-unsaturated/α-hetero) is 1. The molecule has 0 saturated carbocycles. The van der Waals surface area contributed by atoms with Gasteiger partial charge in [0.25, 0.3) is 0 Å². The summed E-state index contributed by atoms with van der Waals surface area (Å²) in [4.78, 5) is 17.3. The van der Waals surface area contributed by atoms with Crippen LogP contribution < -0.4 is 0 Å². The highest BCUT2D eigenvalue weighted by molar-refractivity contribution is 9.11. The minimum absolute atomic E-state index is 0.0169. The first-order valence-corrected chi connectivity index (χ1v) is 12.5. The fraction of sp³-hybridized carbons (Fsp3) is 0.0435. The highest BCUT2D eigenvalue weighted by atomic mass is 79.9. The number of hydrogen-bond acceptors (Lipinski definition) is 5. The molecule has 31 heavy (non-hydrogen) atoms. The molecular weight excluding hydrogens is 606 g/mol. The standard InChI is InChI=1S/C23H14Br3N3OS/c24-17-7-1-14(2-8-17)20(30)13-31-23-27-21(15-3-9-18(25)10-4-15)22(28-29-23)16-5-11-19(26)12-6-16/h1-12H,13H2. The number of benzene rings is 3. The van der Waals surface area contributed by atoms with E-state index in [1.165, 1.54) is 11.8 Å². The number of halogens is 3. The van der Waals surface area contributed by atoms with Gasteiger partial charge in [0.1, 0.15) is 11.4 Å². The molecule has 3 aromatic carbocycles. The van der Waals surface area contributed by atoms with Crippen molar-refractivity contribution >= 4 is 65.3 Å². The van der Waals surface area contributed by atoms with Crippen LogP contribution in [0.1, 0.15) is 10.4 Å². The predicted molar refractivity (Wildman–Crippen MR) is 135 cm³/mol. The molecule has 0 amide bonds. The molecule has 0 aliphatic carbocycles. The smallest absolute Gasteiger partial charge is 0.210 e. The van der Waals surface area contributed by atoms with Crippen LogP contribution in [0.5, 0.6) is 0 Å². The first kappa shape index (κ1) is 22.3. The molecule has 0 spiro atoms. The van der Waals surface area contributed by atoms with Crippen molar-refractivity contribution in [3.05, 3.63) is 91.8 Å². The van der Waals surface area contributed by atoms with Gasteiger partial charge in [0.15, 0.2) is 5.78 Å². The van der Waals surface area contributed by atoms with Crippen LogP contribution in [0.2, 0.25) is 0 Å². The number of aromatic nitrogens is 3. The molecule has 0 N–H and O–H groups in total. The molecule has 1 heterocycles. The number of carbonyl (C=O) groups is 1. The largest absolute Gasteiger partial charge is 0.293 e. The van der Waals surface area contributed by atoms with Gasteiger partial charge in [0.05, 0.1) is 5.75 Å². The Labute approximate surface area is 209 Å². The van der Waals surface area contributed by atoms with Crippen molar-refractivity contribution < 1.29 is 4.79 Å². The van der Waals surface area contributed by atoms with Gasteiger partial charge in [0.2, 0.25) is 5.16 Å². The van der Waals surface area contributed by atoms with Crippen molar-refractivity contribution in [1.82, 2.24) is 15.2 Å². The van der Waals surface area contributed by atoms with Crippen LogP contribution in [-0.4, -0.2) is 26.7 Å². The fourth-order valence-electron chi connectivity index (χ4n) is 2.83. The van der Waals surface area contributed by atoms with E-state index in [2.05, 4.69) is 58.0 Å². The summed E-state index contributed by atoms with van der Waals surface area (Å²) < 4.78 is 2.91. The maximum atomic E-state index is 12.5. The van der Waals surface area contributed by atoms with Crippen LogP contribution in [-0.2, 0) is 0 Å². The van der Waals surface area contributed by atoms with E-state index < -0.39 is 0 Å². The van der Waals surface area contributed by atoms with Gasteiger partial charge < -0.3 is 0 Å². The maximum absolute atomic E-state index is 12.5. The second-order valence-corrected chi connectivity index (χ2v) is 10.2. The third-order valence-electron chi connectivity index (χ3n) is 4.40. The Morgan fingerprint density at radius 1 is 0.677 bits per heavy atom. The SMILES string of the molecule is O=C(CSc1nnc(-c2ccc(Br)cc2)c(-c2ccc(Br)cc2)n1)c1ccc(Br)cc1. The summed E-state index contributed by atoms with van der Waals surface area (Å²) in [5.74, 6) is 0.254. The number of nitrogens with zero attached hydrogens (tertiary/aromatic N) is 3. The molecule has 0 saturated heterocycles. The number of rotatable bonds is 6. The molecule has 8 heteroatoms. The maximum Gasteiger partial charge on any atom is 0.210 e. The Bertz CT molecular complexity index is 1210. The lowest BCUT2D eigenvalue weighted by Crippen LogP contribution is -2.04. The zero-order valence-corrected chi connectivity index (χ0v) is 21.5. The molecule has 4 nitrogen and oxygen atoms in total. The van der Waals surface area contributed by atoms with E-state index in [4.69, 9.17) is 4.98 Å². The molecule has 0 aliphatic heterocycles. The zero-order chi connectivity index (χ0) is 21.8. The molecule has 1 aromatic heterocycles. The number of ketones is 1. The number of thioether (sulfide) groups is 1. The van der Waals surface area contributed by atoms with Crippen LogP contribution in [0.25, 0.3) is 22.5 Å². The summed E-state index contributed by atoms with van der Waals surface area (Å²) in [5.41, 5.74) is 3.92. The van der Waals surface area contributed by atoms with Crippen molar-refractivity contribution in [1.29, 1.82) is 0 Å². The minimum Gasteiger partial charge on any atom is -0.293 e. The van der Waals surface area contributed by atoms with E-state index in [9.17, 15) is 4.79 Å². The lowest BCUT2D eigenvalue weighted by molar-refractivity contribution is 0.102. The average Bonchev–Trinajstić information content (AvgIpc) is 2.79. The summed E-state index contributed by atoms with van der Waals surface area (Å²) in [7, 11) is 0. The Morgan fingerprint density at radius 2 is 1.16 bits per heavy atom. The Morgan fingerprint density at radius 3 is 1.71 bits per heavy atom. The Hall–Kier alpha value is -1.87. The minimum atomic E-state index is 0.0169. The van der Waals surface area contributed by atoms with Crippen LogP contribution in [0.3, 0.4) is 0 Å². The van der Waals surface area contributed by atoms with E-state index in [1.807, 2.05) is 60.7 Å². The molecule has 4 rings (SSSR count). The molecular formula is C23H14Br3N3OS. The van der Waals surface area contributed by atoms with Gasteiger partial charge in [-0.25, -0.2) is 4.98 Å². The fourth-order valence-corrected chi connectivity index (χ4v) is 4.31. The average molecular weight is 620 g/mol. The lowest BCUT2D eigenvalue weighted by atomic mass is 10.0. The topological polar surface area (TPSA) is 55.7 Å².